The van der Waals surface area contributed by atoms with E-state index in [0.717, 1.165) is 19.6 Å². The van der Waals surface area contributed by atoms with E-state index in [9.17, 15) is 9.90 Å². The largest absolute Gasteiger partial charge is 0.507 e. The summed E-state index contributed by atoms with van der Waals surface area (Å²) in [5.74, 6) is 0.145. The summed E-state index contributed by atoms with van der Waals surface area (Å²) < 4.78 is 0. The number of phenols is 1. The van der Waals surface area contributed by atoms with Crippen molar-refractivity contribution < 1.29 is 9.90 Å². The van der Waals surface area contributed by atoms with Gasteiger partial charge in [0.2, 0.25) is 0 Å². The van der Waals surface area contributed by atoms with Crippen molar-refractivity contribution >= 4 is 5.91 Å². The molecular formula is C19H24N4O2. The number of aromatic amines is 1. The van der Waals surface area contributed by atoms with E-state index < -0.39 is 0 Å². The fourth-order valence-electron chi connectivity index (χ4n) is 3.92. The first-order valence-corrected chi connectivity index (χ1v) is 9.02. The Kier molecular flexibility index (Phi) is 4.21. The van der Waals surface area contributed by atoms with Gasteiger partial charge in [-0.25, -0.2) is 0 Å². The molecular weight excluding hydrogens is 316 g/mol. The highest BCUT2D eigenvalue weighted by Crippen LogP contribution is 2.29. The second kappa shape index (κ2) is 6.52. The van der Waals surface area contributed by atoms with E-state index in [1.165, 1.54) is 19.3 Å². The molecule has 0 aliphatic carbocycles. The molecule has 2 aromatic rings. The quantitative estimate of drug-likeness (QED) is 0.900. The summed E-state index contributed by atoms with van der Waals surface area (Å²) in [5, 5.41) is 16.9. The fraction of sp³-hybridized carbons (Fsp3) is 0.474. The van der Waals surface area contributed by atoms with Crippen molar-refractivity contribution in [1.29, 1.82) is 0 Å². The lowest BCUT2D eigenvalue weighted by Crippen LogP contribution is -2.63. The summed E-state index contributed by atoms with van der Waals surface area (Å²) >= 11 is 0. The summed E-state index contributed by atoms with van der Waals surface area (Å²) in [7, 11) is 0. The van der Waals surface area contributed by atoms with Crippen molar-refractivity contribution in [3.8, 4) is 17.0 Å². The van der Waals surface area contributed by atoms with Crippen molar-refractivity contribution in [3.05, 3.63) is 36.0 Å². The van der Waals surface area contributed by atoms with Crippen LogP contribution in [0.2, 0.25) is 0 Å². The zero-order chi connectivity index (χ0) is 17.4. The van der Waals surface area contributed by atoms with Crippen LogP contribution in [0, 0.1) is 0 Å². The highest BCUT2D eigenvalue weighted by molar-refractivity contribution is 5.94. The number of benzene rings is 1. The Balaban J connectivity index is 1.41. The van der Waals surface area contributed by atoms with Gasteiger partial charge in [-0.05, 0) is 44.5 Å². The number of H-pyrrole nitrogens is 1. The third-order valence-electron chi connectivity index (χ3n) is 5.46. The molecule has 6 heteroatoms. The Morgan fingerprint density at radius 2 is 2.08 bits per heavy atom. The minimum absolute atomic E-state index is 0.0184. The van der Waals surface area contributed by atoms with E-state index in [4.69, 9.17) is 0 Å². The van der Waals surface area contributed by atoms with Crippen molar-refractivity contribution in [2.75, 3.05) is 19.6 Å². The first kappa shape index (κ1) is 16.1. The summed E-state index contributed by atoms with van der Waals surface area (Å²) in [5.41, 5.74) is 1.69. The van der Waals surface area contributed by atoms with Gasteiger partial charge in [-0.3, -0.25) is 14.8 Å². The van der Waals surface area contributed by atoms with Crippen molar-refractivity contribution in [2.24, 2.45) is 0 Å². The van der Waals surface area contributed by atoms with Crippen molar-refractivity contribution in [3.63, 3.8) is 0 Å². The van der Waals surface area contributed by atoms with Crippen LogP contribution in [0.1, 0.15) is 36.7 Å². The standard InChI is InChI=1S/C19H24N4O2/c1-13-6-4-5-9-23(13)14-11-22(12-14)19(25)17-10-16(20-21-17)15-7-2-3-8-18(15)24/h2-3,7-8,10,13-14,24H,4-6,9,11-12H2,1H3,(H,20,21)/t13-/m0/s1. The van der Waals surface area contributed by atoms with Crippen LogP contribution in [0.15, 0.2) is 30.3 Å². The maximum atomic E-state index is 12.6. The number of nitrogens with one attached hydrogen (secondary N) is 1. The minimum atomic E-state index is -0.0184. The van der Waals surface area contributed by atoms with Crippen molar-refractivity contribution in [1.82, 2.24) is 20.0 Å². The first-order chi connectivity index (χ1) is 12.1. The number of piperidine rings is 1. The van der Waals surface area contributed by atoms with Crippen LogP contribution < -0.4 is 0 Å². The van der Waals surface area contributed by atoms with E-state index in [1.54, 1.807) is 24.3 Å². The zero-order valence-corrected chi connectivity index (χ0v) is 14.5. The SMILES string of the molecule is C[C@H]1CCCCN1C1CN(C(=O)c2cc(-c3ccccc3O)n[nH]2)C1. The lowest BCUT2D eigenvalue weighted by atomic mass is 9.97. The van der Waals surface area contributed by atoms with Gasteiger partial charge in [-0.15, -0.1) is 0 Å². The number of amides is 1. The second-order valence-electron chi connectivity index (χ2n) is 7.13. The van der Waals surface area contributed by atoms with Crippen LogP contribution in [-0.2, 0) is 0 Å². The monoisotopic (exact) mass is 340 g/mol. The molecule has 0 bridgehead atoms. The van der Waals surface area contributed by atoms with Crippen molar-refractivity contribution in [2.45, 2.75) is 38.3 Å². The number of hydrogen-bond donors (Lipinski definition) is 2. The lowest BCUT2D eigenvalue weighted by Gasteiger charge is -2.49. The van der Waals surface area contributed by atoms with Crippen LogP contribution in [0.25, 0.3) is 11.3 Å². The molecule has 3 heterocycles. The number of carbonyl (C=O) groups excluding carboxylic acids is 1. The van der Waals surface area contributed by atoms with E-state index in [1.807, 2.05) is 11.0 Å². The number of aromatic nitrogens is 2. The molecule has 1 aromatic carbocycles. The predicted octanol–water partition coefficient (Wildman–Crippen LogP) is 2.48. The molecule has 2 aliphatic heterocycles. The molecule has 1 aromatic heterocycles. The summed E-state index contributed by atoms with van der Waals surface area (Å²) in [4.78, 5) is 17.1. The molecule has 2 aliphatic rings. The highest BCUT2D eigenvalue weighted by atomic mass is 16.3. The molecule has 0 saturated carbocycles. The molecule has 132 valence electrons. The number of para-hydroxylation sites is 1. The number of hydrogen-bond acceptors (Lipinski definition) is 4. The van der Waals surface area contributed by atoms with Gasteiger partial charge < -0.3 is 10.0 Å². The number of nitrogens with zero attached hydrogens (tertiary/aromatic N) is 3. The molecule has 0 spiro atoms. The highest BCUT2D eigenvalue weighted by Gasteiger charge is 2.38. The lowest BCUT2D eigenvalue weighted by molar-refractivity contribution is 0.00181. The maximum Gasteiger partial charge on any atom is 0.271 e. The number of carbonyl (C=O) groups is 1. The van der Waals surface area contributed by atoms with Gasteiger partial charge in [-0.2, -0.15) is 5.10 Å². The number of aromatic hydroxyl groups is 1. The topological polar surface area (TPSA) is 72.5 Å². The Morgan fingerprint density at radius 3 is 2.84 bits per heavy atom. The van der Waals surface area contributed by atoms with Crippen LogP contribution in [-0.4, -0.2) is 62.7 Å². The minimum Gasteiger partial charge on any atom is -0.507 e. The molecule has 2 fully saturated rings. The average molecular weight is 340 g/mol. The Hall–Kier alpha value is -2.34. The molecule has 0 unspecified atom stereocenters. The maximum absolute atomic E-state index is 12.6. The Labute approximate surface area is 147 Å². The molecule has 25 heavy (non-hydrogen) atoms. The molecule has 1 atom stereocenters. The number of likely N-dealkylation sites (tertiary alicyclic amines) is 2. The van der Waals surface area contributed by atoms with Gasteiger partial charge in [0, 0.05) is 30.7 Å². The predicted molar refractivity (Wildman–Crippen MR) is 95.4 cm³/mol. The van der Waals surface area contributed by atoms with Gasteiger partial charge >= 0.3 is 0 Å². The fourth-order valence-corrected chi connectivity index (χ4v) is 3.92. The Morgan fingerprint density at radius 1 is 1.28 bits per heavy atom. The number of phenolic OH excluding ortho intramolecular Hbond substituents is 1. The first-order valence-electron chi connectivity index (χ1n) is 9.02. The van der Waals surface area contributed by atoms with E-state index in [2.05, 4.69) is 22.0 Å². The van der Waals surface area contributed by atoms with Gasteiger partial charge in [-0.1, -0.05) is 18.6 Å². The summed E-state index contributed by atoms with van der Waals surface area (Å²) in [6.07, 6.45) is 3.84. The smallest absolute Gasteiger partial charge is 0.271 e. The summed E-state index contributed by atoms with van der Waals surface area (Å²) in [6.45, 7) is 5.01. The molecule has 0 radical (unpaired) electrons. The number of rotatable bonds is 3. The molecule has 6 nitrogen and oxygen atoms in total. The summed E-state index contributed by atoms with van der Waals surface area (Å²) in [6, 6.07) is 9.83. The van der Waals surface area contributed by atoms with Gasteiger partial charge in [0.25, 0.3) is 5.91 Å². The van der Waals surface area contributed by atoms with Crippen LogP contribution in [0.3, 0.4) is 0 Å². The van der Waals surface area contributed by atoms with E-state index in [-0.39, 0.29) is 11.7 Å². The van der Waals surface area contributed by atoms with Gasteiger partial charge in [0.05, 0.1) is 5.69 Å². The van der Waals surface area contributed by atoms with Crippen LogP contribution in [0.5, 0.6) is 5.75 Å². The van der Waals surface area contributed by atoms with Crippen LogP contribution >= 0.6 is 0 Å². The normalized spacial score (nSPS) is 22.0. The van der Waals surface area contributed by atoms with E-state index in [0.29, 0.717) is 29.0 Å². The van der Waals surface area contributed by atoms with Gasteiger partial charge in [0.1, 0.15) is 11.4 Å². The average Bonchev–Trinajstić information content (AvgIpc) is 3.05. The molecule has 2 saturated heterocycles. The second-order valence-corrected chi connectivity index (χ2v) is 7.13. The zero-order valence-electron chi connectivity index (χ0n) is 14.5. The third kappa shape index (κ3) is 3.02. The van der Waals surface area contributed by atoms with Crippen LogP contribution in [0.4, 0.5) is 0 Å². The molecule has 4 rings (SSSR count). The van der Waals surface area contributed by atoms with Gasteiger partial charge in [0.15, 0.2) is 0 Å². The Bertz CT molecular complexity index is 766. The van der Waals surface area contributed by atoms with E-state index >= 15 is 0 Å². The molecule has 2 N–H and O–H groups in total. The third-order valence-corrected chi connectivity index (χ3v) is 5.46. The molecule has 1 amide bonds.